The van der Waals surface area contributed by atoms with Crippen LogP contribution < -0.4 is 0 Å². The van der Waals surface area contributed by atoms with Crippen LogP contribution in [0.1, 0.15) is 0 Å². The van der Waals surface area contributed by atoms with Crippen molar-refractivity contribution >= 4 is 20.9 Å². The molecule has 0 spiro atoms. The fraction of sp³-hybridized carbons (Fsp3) is 1.00. The van der Waals surface area contributed by atoms with E-state index in [1.807, 2.05) is 0 Å². The molecule has 32 valence electrons. The molecule has 3 heteroatoms. The molecule has 0 bridgehead atoms. The quantitative estimate of drug-likeness (QED) is 0.325. The van der Waals surface area contributed by atoms with Gasteiger partial charge in [0.2, 0.25) is 0 Å². The van der Waals surface area contributed by atoms with Crippen LogP contribution in [0.25, 0.3) is 0 Å². The molecule has 0 saturated carbocycles. The molecule has 0 amide bonds. The Kier molecular flexibility index (Phi) is 4.05. The molecule has 0 aromatic carbocycles. The van der Waals surface area contributed by atoms with Gasteiger partial charge in [-0.15, -0.1) is 4.21 Å². The maximum absolute atomic E-state index is 10.2. The number of rotatable bonds is 0. The van der Waals surface area contributed by atoms with Crippen LogP contribution in [0.15, 0.2) is 0 Å². The summed E-state index contributed by atoms with van der Waals surface area (Å²) in [5, 5.41) is 0. The van der Waals surface area contributed by atoms with Crippen LogP contribution in [-0.4, -0.2) is 29.7 Å². The first-order chi connectivity index (χ1) is 2.00. The van der Waals surface area contributed by atoms with Gasteiger partial charge in [-0.1, -0.05) is 0 Å². The minimum absolute atomic E-state index is 0. The summed E-state index contributed by atoms with van der Waals surface area (Å²) in [7, 11) is -1.42. The molecule has 1 nitrogen and oxygen atoms in total. The average molecular weight is 121 g/mol. The molecule has 0 fully saturated rings. The molecular formula is C3H9OSSi+5. The molecule has 0 aromatic heterocycles. The first kappa shape index (κ1) is 9.62. The third-order valence-electron chi connectivity index (χ3n) is 0. The van der Waals surface area contributed by atoms with Crippen molar-refractivity contribution in [3.05, 3.63) is 0 Å². The Hall–Kier alpha value is 0.367. The second-order valence-electron chi connectivity index (χ2n) is 1.72. The molecule has 0 aromatic rings. The zero-order chi connectivity index (χ0) is 4.50. The predicted octanol–water partition coefficient (Wildman–Crippen LogP) is -0.00550. The van der Waals surface area contributed by atoms with Crippen molar-refractivity contribution in [1.82, 2.24) is 0 Å². The monoisotopic (exact) mass is 121 g/mol. The van der Waals surface area contributed by atoms with Crippen LogP contribution in [0.5, 0.6) is 0 Å². The smallest absolute Gasteiger partial charge is 0.107 e. The summed E-state index contributed by atoms with van der Waals surface area (Å²) in [6.07, 6.45) is 5.15. The molecule has 0 aliphatic carbocycles. The predicted molar refractivity (Wildman–Crippen MR) is 31.6 cm³/mol. The van der Waals surface area contributed by atoms with Crippen LogP contribution in [-0.2, 0) is 14.1 Å². The standard InChI is InChI=1S/C3H9OS.Si/c1-5(2,3)4;/h1-3H3;/q+1;+4. The van der Waals surface area contributed by atoms with Gasteiger partial charge < -0.3 is 0 Å². The summed E-state index contributed by atoms with van der Waals surface area (Å²) in [6.45, 7) is 0. The van der Waals surface area contributed by atoms with Crippen molar-refractivity contribution in [1.29, 1.82) is 0 Å². The van der Waals surface area contributed by atoms with Crippen molar-refractivity contribution in [3.63, 3.8) is 0 Å². The molecule has 0 aliphatic rings. The number of hydrogen-bond donors (Lipinski definition) is 0. The van der Waals surface area contributed by atoms with E-state index in [0.29, 0.717) is 0 Å². The number of hydrogen-bond acceptors (Lipinski definition) is 1. The summed E-state index contributed by atoms with van der Waals surface area (Å²) in [4.78, 5) is 0. The van der Waals surface area contributed by atoms with E-state index in [4.69, 9.17) is 0 Å². The van der Waals surface area contributed by atoms with Crippen LogP contribution in [0.2, 0.25) is 0 Å². The Bertz CT molecular complexity index is 56.9. The van der Waals surface area contributed by atoms with E-state index in [1.54, 1.807) is 18.8 Å². The van der Waals surface area contributed by atoms with Gasteiger partial charge in [0.25, 0.3) is 0 Å². The van der Waals surface area contributed by atoms with Crippen LogP contribution >= 0.6 is 0 Å². The Balaban J connectivity index is 0. The normalized spacial score (nSPS) is 9.83. The largest absolute Gasteiger partial charge is 4.00 e. The molecule has 6 heavy (non-hydrogen) atoms. The van der Waals surface area contributed by atoms with Gasteiger partial charge in [0, 0.05) is 0 Å². The Morgan fingerprint density at radius 2 is 1.17 bits per heavy atom. The minimum atomic E-state index is -1.42. The van der Waals surface area contributed by atoms with Crippen LogP contribution in [0.3, 0.4) is 0 Å². The van der Waals surface area contributed by atoms with Gasteiger partial charge in [0.05, 0.1) is 9.93 Å². The SMILES string of the molecule is C[S+](C)(C)=O.[Si+4]. The fourth-order valence-electron chi connectivity index (χ4n) is 0. The summed E-state index contributed by atoms with van der Waals surface area (Å²) in [6, 6.07) is 0. The van der Waals surface area contributed by atoms with E-state index < -0.39 is 9.93 Å². The topological polar surface area (TPSA) is 17.1 Å². The first-order valence-electron chi connectivity index (χ1n) is 1.39. The molecule has 0 atom stereocenters. The van der Waals surface area contributed by atoms with E-state index in [-0.39, 0.29) is 11.0 Å². The molecule has 0 rings (SSSR count). The molecule has 0 radical (unpaired) electrons. The van der Waals surface area contributed by atoms with Gasteiger partial charge in [0.1, 0.15) is 18.8 Å². The third kappa shape index (κ3) is 368. The summed E-state index contributed by atoms with van der Waals surface area (Å²) in [5.41, 5.74) is 0. The average Bonchev–Trinajstić information content (AvgIpc) is 0.722. The maximum atomic E-state index is 10.2. The van der Waals surface area contributed by atoms with Gasteiger partial charge in [-0.3, -0.25) is 0 Å². The Labute approximate surface area is 44.6 Å². The van der Waals surface area contributed by atoms with Crippen LogP contribution in [0.4, 0.5) is 0 Å². The Morgan fingerprint density at radius 3 is 1.17 bits per heavy atom. The second kappa shape index (κ2) is 2.52. The zero-order valence-electron chi connectivity index (χ0n) is 4.32. The van der Waals surface area contributed by atoms with Crippen molar-refractivity contribution in [2.45, 2.75) is 0 Å². The van der Waals surface area contributed by atoms with E-state index in [9.17, 15) is 4.21 Å². The molecule has 0 saturated heterocycles. The van der Waals surface area contributed by atoms with Gasteiger partial charge in [0.15, 0.2) is 0 Å². The Morgan fingerprint density at radius 1 is 1.17 bits per heavy atom. The first-order valence-corrected chi connectivity index (χ1v) is 4.17. The molecule has 0 unspecified atom stereocenters. The third-order valence-corrected chi connectivity index (χ3v) is 0. The fourth-order valence-corrected chi connectivity index (χ4v) is 0. The molecule has 0 aliphatic heterocycles. The van der Waals surface area contributed by atoms with Gasteiger partial charge in [-0.05, 0) is 0 Å². The van der Waals surface area contributed by atoms with E-state index in [1.165, 1.54) is 0 Å². The van der Waals surface area contributed by atoms with E-state index >= 15 is 0 Å². The summed E-state index contributed by atoms with van der Waals surface area (Å²) >= 11 is 0. The second-order valence-corrected chi connectivity index (χ2v) is 5.17. The zero-order valence-corrected chi connectivity index (χ0v) is 6.13. The molecule has 0 N–H and O–H groups in total. The molecule has 0 heterocycles. The minimum Gasteiger partial charge on any atom is -0.107 e. The van der Waals surface area contributed by atoms with Crippen LogP contribution in [0, 0.1) is 0 Å². The van der Waals surface area contributed by atoms with Crippen molar-refractivity contribution in [2.75, 3.05) is 18.8 Å². The summed E-state index contributed by atoms with van der Waals surface area (Å²) < 4.78 is 10.2. The van der Waals surface area contributed by atoms with Crippen molar-refractivity contribution in [3.8, 4) is 0 Å². The van der Waals surface area contributed by atoms with Crippen molar-refractivity contribution < 1.29 is 4.21 Å². The molecular weight excluding hydrogens is 112 g/mol. The summed E-state index contributed by atoms with van der Waals surface area (Å²) in [5.74, 6) is 0. The maximum Gasteiger partial charge on any atom is 4.00 e. The van der Waals surface area contributed by atoms with E-state index in [2.05, 4.69) is 0 Å². The van der Waals surface area contributed by atoms with Gasteiger partial charge >= 0.3 is 11.0 Å². The van der Waals surface area contributed by atoms with Crippen molar-refractivity contribution in [2.24, 2.45) is 0 Å². The van der Waals surface area contributed by atoms with Gasteiger partial charge in [-0.25, -0.2) is 0 Å². The van der Waals surface area contributed by atoms with Gasteiger partial charge in [-0.2, -0.15) is 0 Å². The van der Waals surface area contributed by atoms with E-state index in [0.717, 1.165) is 0 Å².